The molecule has 0 bridgehead atoms. The third kappa shape index (κ3) is 2.61. The number of rotatable bonds is 4. The van der Waals surface area contributed by atoms with Crippen LogP contribution in [-0.4, -0.2) is 23.1 Å². The van der Waals surface area contributed by atoms with Gasteiger partial charge in [-0.3, -0.25) is 0 Å². The molecule has 2 aromatic carbocycles. The topological polar surface area (TPSA) is 60.2 Å². The summed E-state index contributed by atoms with van der Waals surface area (Å²) in [7, 11) is 0. The molecule has 5 nitrogen and oxygen atoms in total. The van der Waals surface area contributed by atoms with Crippen LogP contribution in [0.4, 0.5) is 5.82 Å². The summed E-state index contributed by atoms with van der Waals surface area (Å²) in [6.07, 6.45) is 2.74. The van der Waals surface area contributed by atoms with Gasteiger partial charge < -0.3 is 14.5 Å². The van der Waals surface area contributed by atoms with Crippen LogP contribution in [-0.2, 0) is 4.74 Å². The fraction of sp³-hybridized carbons (Fsp3) is 0.238. The van der Waals surface area contributed by atoms with Crippen LogP contribution in [0.2, 0.25) is 0 Å². The maximum atomic E-state index is 5.99. The number of furan rings is 1. The lowest BCUT2D eigenvalue weighted by atomic mass is 9.95. The highest BCUT2D eigenvalue weighted by atomic mass is 16.5. The molecule has 0 aliphatic carbocycles. The van der Waals surface area contributed by atoms with E-state index in [1.165, 1.54) is 5.56 Å². The van der Waals surface area contributed by atoms with Gasteiger partial charge in [-0.2, -0.15) is 0 Å². The number of fused-ring (bicyclic) bond motifs is 3. The highest BCUT2D eigenvalue weighted by Gasteiger charge is 2.29. The van der Waals surface area contributed by atoms with Gasteiger partial charge in [-0.1, -0.05) is 42.5 Å². The van der Waals surface area contributed by atoms with Crippen LogP contribution >= 0.6 is 0 Å². The maximum Gasteiger partial charge on any atom is 0.196 e. The average molecular weight is 345 g/mol. The van der Waals surface area contributed by atoms with Gasteiger partial charge in [0, 0.05) is 24.5 Å². The molecule has 1 fully saturated rings. The molecule has 2 unspecified atom stereocenters. The minimum atomic E-state index is 0.122. The lowest BCUT2D eigenvalue weighted by molar-refractivity contribution is 0.0933. The zero-order valence-electron chi connectivity index (χ0n) is 14.3. The minimum Gasteiger partial charge on any atom is -0.450 e. The van der Waals surface area contributed by atoms with Gasteiger partial charge >= 0.3 is 0 Å². The fourth-order valence-electron chi connectivity index (χ4n) is 3.73. The first-order valence-corrected chi connectivity index (χ1v) is 8.93. The van der Waals surface area contributed by atoms with Crippen molar-refractivity contribution < 1.29 is 9.15 Å². The monoisotopic (exact) mass is 345 g/mol. The molecule has 1 aliphatic heterocycles. The zero-order valence-corrected chi connectivity index (χ0v) is 14.3. The van der Waals surface area contributed by atoms with Crippen LogP contribution in [0.25, 0.3) is 22.1 Å². The summed E-state index contributed by atoms with van der Waals surface area (Å²) in [6, 6.07) is 18.3. The molecular formula is C21H19N3O2. The van der Waals surface area contributed by atoms with E-state index >= 15 is 0 Å². The van der Waals surface area contributed by atoms with Gasteiger partial charge in [-0.15, -0.1) is 0 Å². The Morgan fingerprint density at radius 1 is 1.00 bits per heavy atom. The van der Waals surface area contributed by atoms with E-state index in [4.69, 9.17) is 9.15 Å². The van der Waals surface area contributed by atoms with Crippen LogP contribution < -0.4 is 5.32 Å². The summed E-state index contributed by atoms with van der Waals surface area (Å²) in [4.78, 5) is 8.81. The van der Waals surface area contributed by atoms with Gasteiger partial charge in [0.25, 0.3) is 0 Å². The molecule has 0 radical (unpaired) electrons. The standard InChI is InChI=1S/C21H19N3O2/c1-2-6-14(7-3-1)19-15(10-11-25-19)12-22-21-20-18(23-13-24-21)16-8-4-5-9-17(16)26-20/h1-9,13,15,19H,10-12H2,(H,22,23,24). The van der Waals surface area contributed by atoms with Gasteiger partial charge in [0.2, 0.25) is 0 Å². The number of aromatic nitrogens is 2. The Balaban J connectivity index is 1.41. The molecule has 1 aliphatic rings. The van der Waals surface area contributed by atoms with Crippen LogP contribution in [0.15, 0.2) is 65.3 Å². The van der Waals surface area contributed by atoms with Crippen LogP contribution in [0.5, 0.6) is 0 Å². The molecule has 1 N–H and O–H groups in total. The molecular weight excluding hydrogens is 326 g/mol. The highest BCUT2D eigenvalue weighted by Crippen LogP contribution is 2.35. The van der Waals surface area contributed by atoms with Crippen molar-refractivity contribution in [3.8, 4) is 0 Å². The van der Waals surface area contributed by atoms with Gasteiger partial charge in [0.1, 0.15) is 17.4 Å². The number of ether oxygens (including phenoxy) is 1. The van der Waals surface area contributed by atoms with Crippen molar-refractivity contribution in [2.24, 2.45) is 5.92 Å². The molecule has 0 saturated carbocycles. The summed E-state index contributed by atoms with van der Waals surface area (Å²) in [6.45, 7) is 1.57. The van der Waals surface area contributed by atoms with Crippen molar-refractivity contribution >= 4 is 27.9 Å². The molecule has 2 aromatic heterocycles. The quantitative estimate of drug-likeness (QED) is 0.587. The van der Waals surface area contributed by atoms with E-state index in [1.54, 1.807) is 6.33 Å². The Labute approximate surface area is 151 Å². The van der Waals surface area contributed by atoms with Crippen molar-refractivity contribution in [3.05, 3.63) is 66.5 Å². The number of nitrogens with one attached hydrogen (secondary N) is 1. The molecule has 0 spiro atoms. The second-order valence-electron chi connectivity index (χ2n) is 6.63. The summed E-state index contributed by atoms with van der Waals surface area (Å²) in [5.74, 6) is 1.14. The smallest absolute Gasteiger partial charge is 0.196 e. The first kappa shape index (κ1) is 15.3. The number of hydrogen-bond acceptors (Lipinski definition) is 5. The summed E-state index contributed by atoms with van der Waals surface area (Å²) in [5, 5.41) is 4.48. The third-order valence-electron chi connectivity index (χ3n) is 5.03. The largest absolute Gasteiger partial charge is 0.450 e. The van der Waals surface area contributed by atoms with Gasteiger partial charge in [-0.05, 0) is 24.1 Å². The van der Waals surface area contributed by atoms with Crippen LogP contribution in [0, 0.1) is 5.92 Å². The number of benzene rings is 2. The highest BCUT2D eigenvalue weighted by molar-refractivity contribution is 6.05. The summed E-state index contributed by atoms with van der Waals surface area (Å²) in [5.41, 5.74) is 3.62. The van der Waals surface area contributed by atoms with Gasteiger partial charge in [0.15, 0.2) is 11.4 Å². The van der Waals surface area contributed by atoms with E-state index in [-0.39, 0.29) is 6.10 Å². The number of para-hydroxylation sites is 1. The van der Waals surface area contributed by atoms with E-state index < -0.39 is 0 Å². The van der Waals surface area contributed by atoms with Crippen LogP contribution in [0.3, 0.4) is 0 Å². The van der Waals surface area contributed by atoms with E-state index in [0.29, 0.717) is 11.5 Å². The van der Waals surface area contributed by atoms with E-state index in [0.717, 1.165) is 41.9 Å². The number of hydrogen-bond donors (Lipinski definition) is 1. The SMILES string of the molecule is c1ccc(C2OCCC2CNc2ncnc3c2oc2ccccc23)cc1. The Bertz CT molecular complexity index is 1040. The summed E-state index contributed by atoms with van der Waals surface area (Å²) < 4.78 is 12.0. The zero-order chi connectivity index (χ0) is 17.3. The minimum absolute atomic E-state index is 0.122. The predicted octanol–water partition coefficient (Wildman–Crippen LogP) is 4.57. The molecule has 2 atom stereocenters. The first-order valence-electron chi connectivity index (χ1n) is 8.93. The fourth-order valence-corrected chi connectivity index (χ4v) is 3.73. The Kier molecular flexibility index (Phi) is 3.79. The van der Waals surface area contributed by atoms with Gasteiger partial charge in [0.05, 0.1) is 6.10 Å². The normalized spacial score (nSPS) is 20.0. The maximum absolute atomic E-state index is 5.99. The van der Waals surface area contributed by atoms with Crippen molar-refractivity contribution in [2.75, 3.05) is 18.5 Å². The second kappa shape index (κ2) is 6.42. The number of nitrogens with zero attached hydrogens (tertiary/aromatic N) is 2. The lowest BCUT2D eigenvalue weighted by Crippen LogP contribution is -2.18. The molecule has 0 amide bonds. The lowest BCUT2D eigenvalue weighted by Gasteiger charge is -2.19. The molecule has 4 aromatic rings. The second-order valence-corrected chi connectivity index (χ2v) is 6.63. The van der Waals surface area contributed by atoms with Crippen LogP contribution in [0.1, 0.15) is 18.1 Å². The third-order valence-corrected chi connectivity index (χ3v) is 5.03. The predicted molar refractivity (Wildman–Crippen MR) is 101 cm³/mol. The van der Waals surface area contributed by atoms with E-state index in [9.17, 15) is 0 Å². The van der Waals surface area contributed by atoms with Crippen molar-refractivity contribution in [3.63, 3.8) is 0 Å². The Hall–Kier alpha value is -2.92. The van der Waals surface area contributed by atoms with Gasteiger partial charge in [-0.25, -0.2) is 9.97 Å². The molecule has 3 heterocycles. The average Bonchev–Trinajstić information content (AvgIpc) is 3.32. The molecule has 5 heteroatoms. The summed E-state index contributed by atoms with van der Waals surface area (Å²) >= 11 is 0. The Morgan fingerprint density at radius 2 is 1.85 bits per heavy atom. The molecule has 130 valence electrons. The molecule has 1 saturated heterocycles. The molecule has 5 rings (SSSR count). The van der Waals surface area contributed by atoms with Crippen molar-refractivity contribution in [2.45, 2.75) is 12.5 Å². The first-order chi connectivity index (χ1) is 12.9. The van der Waals surface area contributed by atoms with Crippen molar-refractivity contribution in [1.29, 1.82) is 0 Å². The molecule has 26 heavy (non-hydrogen) atoms. The van der Waals surface area contributed by atoms with E-state index in [1.807, 2.05) is 30.3 Å². The van der Waals surface area contributed by atoms with E-state index in [2.05, 4.69) is 39.6 Å². The Morgan fingerprint density at radius 3 is 2.77 bits per heavy atom. The van der Waals surface area contributed by atoms with Crippen molar-refractivity contribution in [1.82, 2.24) is 9.97 Å². The number of anilines is 1.